The summed E-state index contributed by atoms with van der Waals surface area (Å²) in [5.74, 6) is 0.790. The molecule has 88 valence electrons. The van der Waals surface area contributed by atoms with E-state index in [0.29, 0.717) is 12.3 Å². The molecule has 0 aliphatic carbocycles. The van der Waals surface area contributed by atoms with Crippen LogP contribution in [0, 0.1) is 0 Å². The smallest absolute Gasteiger partial charge is 0.144 e. The highest BCUT2D eigenvalue weighted by molar-refractivity contribution is 5.73. The Kier molecular flexibility index (Phi) is 3.51. The van der Waals surface area contributed by atoms with Crippen molar-refractivity contribution in [1.29, 1.82) is 0 Å². The molecule has 1 aliphatic heterocycles. The molecule has 1 unspecified atom stereocenters. The van der Waals surface area contributed by atoms with E-state index in [-0.39, 0.29) is 6.10 Å². The van der Waals surface area contributed by atoms with Crippen LogP contribution in [-0.4, -0.2) is 26.4 Å². The normalized spacial score (nSPS) is 19.7. The fourth-order valence-electron chi connectivity index (χ4n) is 1.89. The number of para-hydroxylation sites is 1. The lowest BCUT2D eigenvalue weighted by Crippen LogP contribution is -2.16. The Morgan fingerprint density at radius 2 is 2.44 bits per heavy atom. The minimum absolute atomic E-state index is 0.228. The van der Waals surface area contributed by atoms with E-state index in [4.69, 9.17) is 15.2 Å². The molecule has 2 rings (SSSR count). The van der Waals surface area contributed by atoms with Gasteiger partial charge in [0.05, 0.1) is 17.5 Å². The molecule has 1 aromatic carbocycles. The zero-order valence-electron chi connectivity index (χ0n) is 9.53. The monoisotopic (exact) mass is 222 g/mol. The first-order chi connectivity index (χ1) is 7.81. The van der Waals surface area contributed by atoms with Crippen molar-refractivity contribution in [1.82, 2.24) is 0 Å². The standard InChI is InChI=1S/C12H18N2O2/c1-14-12-10(13)5-2-6-11(12)16-8-9-4-3-7-15-9/h2,5-6,9,14H,3-4,7-8,13H2,1H3. The van der Waals surface area contributed by atoms with Gasteiger partial charge in [-0.15, -0.1) is 0 Å². The molecule has 4 nitrogen and oxygen atoms in total. The summed E-state index contributed by atoms with van der Waals surface area (Å²) in [4.78, 5) is 0. The molecule has 16 heavy (non-hydrogen) atoms. The molecular formula is C12H18N2O2. The van der Waals surface area contributed by atoms with Gasteiger partial charge in [0, 0.05) is 13.7 Å². The van der Waals surface area contributed by atoms with E-state index >= 15 is 0 Å². The van der Waals surface area contributed by atoms with E-state index < -0.39 is 0 Å². The first-order valence-electron chi connectivity index (χ1n) is 5.62. The number of nitrogens with two attached hydrogens (primary N) is 1. The van der Waals surface area contributed by atoms with Gasteiger partial charge < -0.3 is 20.5 Å². The Morgan fingerprint density at radius 3 is 3.12 bits per heavy atom. The van der Waals surface area contributed by atoms with Crippen LogP contribution in [0.1, 0.15) is 12.8 Å². The van der Waals surface area contributed by atoms with Gasteiger partial charge in [-0.1, -0.05) is 6.07 Å². The fourth-order valence-corrected chi connectivity index (χ4v) is 1.89. The van der Waals surface area contributed by atoms with E-state index in [0.717, 1.165) is 30.9 Å². The van der Waals surface area contributed by atoms with Crippen molar-refractivity contribution in [2.45, 2.75) is 18.9 Å². The third-order valence-corrected chi connectivity index (χ3v) is 2.76. The van der Waals surface area contributed by atoms with Crippen LogP contribution in [0.4, 0.5) is 11.4 Å². The summed E-state index contributed by atoms with van der Waals surface area (Å²) < 4.78 is 11.2. The maximum Gasteiger partial charge on any atom is 0.144 e. The van der Waals surface area contributed by atoms with Crippen LogP contribution >= 0.6 is 0 Å². The Hall–Kier alpha value is -1.42. The molecular weight excluding hydrogens is 204 g/mol. The topological polar surface area (TPSA) is 56.5 Å². The second-order valence-corrected chi connectivity index (χ2v) is 3.92. The highest BCUT2D eigenvalue weighted by Gasteiger charge is 2.16. The van der Waals surface area contributed by atoms with Gasteiger partial charge in [-0.25, -0.2) is 0 Å². The summed E-state index contributed by atoms with van der Waals surface area (Å²) in [6.45, 7) is 1.45. The first-order valence-corrected chi connectivity index (χ1v) is 5.62. The predicted molar refractivity (Wildman–Crippen MR) is 64.9 cm³/mol. The van der Waals surface area contributed by atoms with Crippen LogP contribution in [0.5, 0.6) is 5.75 Å². The molecule has 1 fully saturated rings. The SMILES string of the molecule is CNc1c(N)cccc1OCC1CCCO1. The zero-order chi connectivity index (χ0) is 11.4. The van der Waals surface area contributed by atoms with Crippen LogP contribution in [0.15, 0.2) is 18.2 Å². The molecule has 0 bridgehead atoms. The Morgan fingerprint density at radius 1 is 1.56 bits per heavy atom. The van der Waals surface area contributed by atoms with Gasteiger partial charge in [-0.2, -0.15) is 0 Å². The van der Waals surface area contributed by atoms with Gasteiger partial charge in [0.1, 0.15) is 12.4 Å². The minimum Gasteiger partial charge on any atom is -0.489 e. The summed E-state index contributed by atoms with van der Waals surface area (Å²) in [5, 5.41) is 3.05. The van der Waals surface area contributed by atoms with Crippen molar-refractivity contribution < 1.29 is 9.47 Å². The lowest BCUT2D eigenvalue weighted by atomic mass is 10.2. The summed E-state index contributed by atoms with van der Waals surface area (Å²) in [6.07, 6.45) is 2.44. The van der Waals surface area contributed by atoms with E-state index in [1.165, 1.54) is 0 Å². The van der Waals surface area contributed by atoms with E-state index in [2.05, 4.69) is 5.32 Å². The van der Waals surface area contributed by atoms with Crippen molar-refractivity contribution in [2.75, 3.05) is 31.3 Å². The van der Waals surface area contributed by atoms with Gasteiger partial charge in [-0.3, -0.25) is 0 Å². The minimum atomic E-state index is 0.228. The van der Waals surface area contributed by atoms with Crippen molar-refractivity contribution in [3.8, 4) is 5.75 Å². The highest BCUT2D eigenvalue weighted by Crippen LogP contribution is 2.30. The molecule has 4 heteroatoms. The van der Waals surface area contributed by atoms with Crippen LogP contribution in [0.25, 0.3) is 0 Å². The van der Waals surface area contributed by atoms with Gasteiger partial charge in [0.2, 0.25) is 0 Å². The van der Waals surface area contributed by atoms with Crippen molar-refractivity contribution in [2.24, 2.45) is 0 Å². The van der Waals surface area contributed by atoms with Crippen molar-refractivity contribution >= 4 is 11.4 Å². The molecule has 1 aliphatic rings. The number of hydrogen-bond acceptors (Lipinski definition) is 4. The predicted octanol–water partition coefficient (Wildman–Crippen LogP) is 1.87. The second kappa shape index (κ2) is 5.07. The molecule has 0 amide bonds. The van der Waals surface area contributed by atoms with E-state index in [1.54, 1.807) is 0 Å². The van der Waals surface area contributed by atoms with Gasteiger partial charge in [-0.05, 0) is 25.0 Å². The highest BCUT2D eigenvalue weighted by atomic mass is 16.5. The molecule has 0 radical (unpaired) electrons. The molecule has 1 aromatic rings. The van der Waals surface area contributed by atoms with Crippen molar-refractivity contribution in [3.63, 3.8) is 0 Å². The van der Waals surface area contributed by atoms with E-state index in [9.17, 15) is 0 Å². The van der Waals surface area contributed by atoms with Crippen LogP contribution in [-0.2, 0) is 4.74 Å². The third-order valence-electron chi connectivity index (χ3n) is 2.76. The number of ether oxygens (including phenoxy) is 2. The number of hydrogen-bond donors (Lipinski definition) is 2. The van der Waals surface area contributed by atoms with Gasteiger partial charge >= 0.3 is 0 Å². The largest absolute Gasteiger partial charge is 0.489 e. The van der Waals surface area contributed by atoms with Crippen LogP contribution < -0.4 is 15.8 Å². The van der Waals surface area contributed by atoms with Gasteiger partial charge in [0.25, 0.3) is 0 Å². The van der Waals surface area contributed by atoms with Crippen LogP contribution in [0.2, 0.25) is 0 Å². The van der Waals surface area contributed by atoms with Crippen LogP contribution in [0.3, 0.4) is 0 Å². The number of rotatable bonds is 4. The lowest BCUT2D eigenvalue weighted by molar-refractivity contribution is 0.0682. The zero-order valence-corrected chi connectivity index (χ0v) is 9.53. The summed E-state index contributed by atoms with van der Waals surface area (Å²) in [6, 6.07) is 5.66. The van der Waals surface area contributed by atoms with Gasteiger partial charge in [0.15, 0.2) is 0 Å². The second-order valence-electron chi connectivity index (χ2n) is 3.92. The Labute approximate surface area is 95.7 Å². The lowest BCUT2D eigenvalue weighted by Gasteiger charge is -2.15. The number of nitrogen functional groups attached to an aromatic ring is 1. The molecule has 3 N–H and O–H groups in total. The summed E-state index contributed by atoms with van der Waals surface area (Å²) in [7, 11) is 1.84. The number of anilines is 2. The summed E-state index contributed by atoms with van der Waals surface area (Å²) >= 11 is 0. The first kappa shape index (κ1) is 11.1. The number of nitrogens with one attached hydrogen (secondary N) is 1. The summed E-state index contributed by atoms with van der Waals surface area (Å²) in [5.41, 5.74) is 7.39. The molecule has 0 spiro atoms. The maximum absolute atomic E-state index is 5.84. The van der Waals surface area contributed by atoms with Crippen molar-refractivity contribution in [3.05, 3.63) is 18.2 Å². The molecule has 1 heterocycles. The molecule has 1 saturated heterocycles. The third kappa shape index (κ3) is 2.39. The quantitative estimate of drug-likeness (QED) is 0.764. The Bertz CT molecular complexity index is 349. The molecule has 0 aromatic heterocycles. The van der Waals surface area contributed by atoms with E-state index in [1.807, 2.05) is 25.2 Å². The average molecular weight is 222 g/mol. The fraction of sp³-hybridized carbons (Fsp3) is 0.500. The average Bonchev–Trinajstić information content (AvgIpc) is 2.79. The Balaban J connectivity index is 2.00. The molecule has 0 saturated carbocycles. The maximum atomic E-state index is 5.84. The molecule has 1 atom stereocenters. The number of benzene rings is 1.